The molecule has 7 aliphatic heterocycles. The molecule has 7 fully saturated rings. The summed E-state index contributed by atoms with van der Waals surface area (Å²) in [4.78, 5) is 46.9. The van der Waals surface area contributed by atoms with Gasteiger partial charge in [0, 0.05) is 84.6 Å². The largest absolute Gasteiger partial charge is 0.494 e. The zero-order valence-electron chi connectivity index (χ0n) is 60.6. The fourth-order valence-corrected chi connectivity index (χ4v) is 15.2. The highest BCUT2D eigenvalue weighted by Gasteiger charge is 2.53. The quantitative estimate of drug-likeness (QED) is 0.0213. The van der Waals surface area contributed by atoms with E-state index in [1.54, 1.807) is 13.0 Å². The van der Waals surface area contributed by atoms with Crippen LogP contribution in [0.1, 0.15) is 67.2 Å². The average molecular weight is 1600 g/mol. The number of aromatic nitrogens is 6. The Morgan fingerprint density at radius 2 is 1.01 bits per heavy atom. The summed E-state index contributed by atoms with van der Waals surface area (Å²) in [6.07, 6.45) is -0.686. The van der Waals surface area contributed by atoms with Crippen LogP contribution in [-0.4, -0.2) is 226 Å². The van der Waals surface area contributed by atoms with E-state index in [-0.39, 0.29) is 100 Å². The first-order valence-electron chi connectivity index (χ1n) is 35.6. The maximum absolute atomic E-state index is 11.8. The lowest BCUT2D eigenvalue weighted by molar-refractivity contribution is 0.00332. The molecule has 8 atom stereocenters. The standard InChI is InChI=1S/C32H44ClN5O7Si.C20H31BN2O4.C18H25ClIN3O5Si/c1-5-42-32(40)34-21-10-12-37(13-11-21)22-8-6-20(7-9-22)27-23(33)16-24-30(36-27)38(19-41-14-15-46(2,3)4)31(35-24)45-26-18-44-28-25(39)17-43-29(26)28;1-6-25-18(24)22-16-11-13-23(14-12-16)17-9-7-15(8-10-17)21-26-19(2,3)20(4,5)27-21;1-29(2,3)5-4-25-9-23-17-11(6-10(19)16(20)22-17)21-18(23)28-13-8-27-14-12(24)7-26-15(13)14/h6-9,16,21,25-26,28-29,39H,5,10-15,17-19H2,1-4H3,(H,34,40);7-10,16H,6,11-14H2,1-5H3,(H,22,24);6,12-15,24H,4-5,7-9H2,1-3H3/t25-,26-,28-,29-;;12-,13-,14-,15-/m1.1/s1. The summed E-state index contributed by atoms with van der Waals surface area (Å²) in [5.41, 5.74) is 6.68. The molecule has 32 heteroatoms. The first-order chi connectivity index (χ1) is 48.5. The van der Waals surface area contributed by atoms with E-state index in [1.807, 2.05) is 34.3 Å². The van der Waals surface area contributed by atoms with Crippen LogP contribution in [0, 0.1) is 3.70 Å². The summed E-state index contributed by atoms with van der Waals surface area (Å²) in [5, 5.41) is 27.0. The Morgan fingerprint density at radius 1 is 0.598 bits per heavy atom. The number of fused-ring (bicyclic) bond motifs is 4. The lowest BCUT2D eigenvalue weighted by atomic mass is 9.79. The number of hydrogen-bond acceptors (Lipinski definition) is 22. The van der Waals surface area contributed by atoms with E-state index in [9.17, 15) is 19.8 Å². The zero-order chi connectivity index (χ0) is 72.8. The number of aliphatic hydroxyl groups excluding tert-OH is 2. The van der Waals surface area contributed by atoms with Crippen molar-refractivity contribution < 1.29 is 76.5 Å². The fourth-order valence-electron chi connectivity index (χ4n) is 12.9. The van der Waals surface area contributed by atoms with Gasteiger partial charge in [0.25, 0.3) is 0 Å². The molecular formula is C70H100BCl2IN10O16Si2. The first-order valence-corrected chi connectivity index (χ1v) is 44.8. The summed E-state index contributed by atoms with van der Waals surface area (Å²) in [6, 6.07) is 23.3. The van der Waals surface area contributed by atoms with Crippen LogP contribution >= 0.6 is 45.8 Å². The maximum atomic E-state index is 11.8. The minimum Gasteiger partial charge on any atom is -0.456 e. The molecule has 11 heterocycles. The highest BCUT2D eigenvalue weighted by molar-refractivity contribution is 14.1. The number of benzene rings is 2. The predicted molar refractivity (Wildman–Crippen MR) is 404 cm³/mol. The Labute approximate surface area is 623 Å². The summed E-state index contributed by atoms with van der Waals surface area (Å²) < 4.78 is 74.0. The van der Waals surface area contributed by atoms with Gasteiger partial charge in [0.15, 0.2) is 23.5 Å². The number of alkyl carbamates (subject to hydrolysis) is 2. The number of nitrogens with one attached hydrogen (secondary N) is 2. The molecule has 0 radical (unpaired) electrons. The van der Waals surface area contributed by atoms with Crippen LogP contribution in [0.4, 0.5) is 21.0 Å². The molecule has 7 saturated heterocycles. The first kappa shape index (κ1) is 77.9. The van der Waals surface area contributed by atoms with Crippen molar-refractivity contribution in [1.82, 2.24) is 39.7 Å². The molecule has 26 nitrogen and oxygen atoms in total. The summed E-state index contributed by atoms with van der Waals surface area (Å²) in [7, 11) is -2.80. The highest BCUT2D eigenvalue weighted by Crippen LogP contribution is 2.39. The summed E-state index contributed by atoms with van der Waals surface area (Å²) in [6.45, 7) is 32.9. The van der Waals surface area contributed by atoms with Crippen LogP contribution in [0.3, 0.4) is 0 Å². The molecule has 6 aromatic rings. The normalized spacial score (nSPS) is 24.1. The minimum absolute atomic E-state index is 0.113. The molecule has 0 spiro atoms. The highest BCUT2D eigenvalue weighted by atomic mass is 127. The van der Waals surface area contributed by atoms with E-state index in [1.165, 1.54) is 5.69 Å². The number of carbonyl (C=O) groups excluding carboxylic acids is 2. The van der Waals surface area contributed by atoms with Gasteiger partial charge >= 0.3 is 31.3 Å². The third-order valence-electron chi connectivity index (χ3n) is 19.6. The predicted octanol–water partition coefficient (Wildman–Crippen LogP) is 10.3. The van der Waals surface area contributed by atoms with E-state index in [0.717, 1.165) is 80.7 Å². The van der Waals surface area contributed by atoms with Crippen molar-refractivity contribution in [1.29, 1.82) is 0 Å². The van der Waals surface area contributed by atoms with E-state index >= 15 is 0 Å². The van der Waals surface area contributed by atoms with Gasteiger partial charge in [0.1, 0.15) is 64.8 Å². The second-order valence-electron chi connectivity index (χ2n) is 30.2. The number of halogens is 3. The molecule has 0 aliphatic carbocycles. The molecule has 102 heavy (non-hydrogen) atoms. The van der Waals surface area contributed by atoms with Crippen molar-refractivity contribution in [2.45, 2.75) is 204 Å². The van der Waals surface area contributed by atoms with Crippen LogP contribution < -0.4 is 35.4 Å². The third kappa shape index (κ3) is 19.3. The van der Waals surface area contributed by atoms with Gasteiger partial charge in [0.05, 0.1) is 66.6 Å². The van der Waals surface area contributed by atoms with Gasteiger partial charge in [-0.05, 0) is 144 Å². The topological polar surface area (TPSA) is 277 Å². The molecule has 13 rings (SSSR count). The fraction of sp³-hybridized carbons (Fsp3) is 0.629. The number of carbonyl (C=O) groups is 2. The number of amides is 2. The monoisotopic (exact) mass is 1600 g/mol. The van der Waals surface area contributed by atoms with Crippen LogP contribution in [0.25, 0.3) is 33.6 Å². The van der Waals surface area contributed by atoms with Gasteiger partial charge in [-0.3, -0.25) is 9.13 Å². The number of nitrogens with zero attached hydrogens (tertiary/aromatic N) is 8. The number of rotatable bonds is 22. The van der Waals surface area contributed by atoms with E-state index in [0.29, 0.717) is 86.8 Å². The van der Waals surface area contributed by atoms with Gasteiger partial charge in [-0.15, -0.1) is 0 Å². The smallest absolute Gasteiger partial charge is 0.456 e. The lowest BCUT2D eigenvalue weighted by Gasteiger charge is -2.33. The number of aliphatic hydroxyl groups is 2. The van der Waals surface area contributed by atoms with Crippen molar-refractivity contribution in [3.05, 3.63) is 74.4 Å². The number of pyridine rings is 2. The molecule has 0 unspecified atom stereocenters. The molecule has 4 aromatic heterocycles. The Bertz CT molecular complexity index is 3790. The molecule has 4 N–H and O–H groups in total. The van der Waals surface area contributed by atoms with Gasteiger partial charge in [-0.2, -0.15) is 9.97 Å². The Hall–Kier alpha value is -5.17. The lowest BCUT2D eigenvalue weighted by Crippen LogP contribution is -2.45. The molecule has 7 aliphatic rings. The Morgan fingerprint density at radius 3 is 1.44 bits per heavy atom. The number of anilines is 2. The van der Waals surface area contributed by atoms with Gasteiger partial charge in [0.2, 0.25) is 0 Å². The van der Waals surface area contributed by atoms with Crippen molar-refractivity contribution >= 4 is 120 Å². The van der Waals surface area contributed by atoms with Crippen LogP contribution in [-0.2, 0) is 60.7 Å². The van der Waals surface area contributed by atoms with Crippen LogP contribution in [0.5, 0.6) is 12.0 Å². The summed E-state index contributed by atoms with van der Waals surface area (Å²) in [5.74, 6) is 0. The van der Waals surface area contributed by atoms with Gasteiger partial charge < -0.3 is 87.3 Å². The maximum Gasteiger partial charge on any atom is 0.494 e. The Kier molecular flexibility index (Phi) is 25.8. The molecule has 2 amide bonds. The van der Waals surface area contributed by atoms with Crippen LogP contribution in [0.15, 0.2) is 60.7 Å². The number of hydrogen-bond donors (Lipinski definition) is 4. The third-order valence-corrected chi connectivity index (χ3v) is 24.7. The van der Waals surface area contributed by atoms with Crippen molar-refractivity contribution in [2.24, 2.45) is 0 Å². The Balaban J connectivity index is 0.000000162. The molecule has 0 bridgehead atoms. The molecule has 2 aromatic carbocycles. The number of piperidine rings is 2. The van der Waals surface area contributed by atoms with E-state index in [4.69, 9.17) is 89.8 Å². The average Bonchev–Trinajstić information content (AvgIpc) is 1.63. The zero-order valence-corrected chi connectivity index (χ0v) is 66.3. The van der Waals surface area contributed by atoms with Gasteiger partial charge in [-0.1, -0.05) is 86.7 Å². The van der Waals surface area contributed by atoms with Crippen molar-refractivity contribution in [3.8, 4) is 23.3 Å². The second kappa shape index (κ2) is 33.7. The number of ether oxygens (including phenoxy) is 10. The second-order valence-corrected chi connectivity index (χ2v) is 43.3. The van der Waals surface area contributed by atoms with E-state index in [2.05, 4.69) is 156 Å². The molecule has 0 saturated carbocycles. The van der Waals surface area contributed by atoms with Crippen LogP contribution in [0.2, 0.25) is 61.4 Å². The number of imidazole rings is 2. The van der Waals surface area contributed by atoms with Crippen molar-refractivity contribution in [2.75, 3.05) is 88.8 Å². The van der Waals surface area contributed by atoms with E-state index < -0.39 is 40.6 Å². The molecule has 558 valence electrons. The summed E-state index contributed by atoms with van der Waals surface area (Å²) >= 11 is 15.1. The molecular weight excluding hydrogens is 1500 g/mol. The minimum atomic E-state index is -1.28. The van der Waals surface area contributed by atoms with Gasteiger partial charge in [-0.25, -0.2) is 19.6 Å². The SMILES string of the molecule is CCOC(=O)NC1CCN(c2ccc(-c3nc4c(cc3Cl)nc(O[C@@H]3CO[C@H]5[C@@H]3OC[C@H]5O)n4COCC[Si](C)(C)C)cc2)CC1.CCOC(=O)NC1CCN(c2ccc(B3OC(C)(C)C(C)(C)O3)cc2)CC1.C[Si](C)(C)CCOCn1c(O[C@@H]2CO[C@H]3[C@@H]2OC[C@H]3O)nc2cc(Cl)c(I)nc21. The van der Waals surface area contributed by atoms with Crippen molar-refractivity contribution in [3.63, 3.8) is 0 Å².